The number of aromatic amines is 1. The van der Waals surface area contributed by atoms with Crippen molar-refractivity contribution < 1.29 is 44.0 Å². The van der Waals surface area contributed by atoms with E-state index in [-0.39, 0.29) is 25.3 Å². The van der Waals surface area contributed by atoms with Gasteiger partial charge in [-0.25, -0.2) is 9.59 Å². The maximum absolute atomic E-state index is 13.0. The molecular weight excluding hydrogens is 558 g/mol. The van der Waals surface area contributed by atoms with Gasteiger partial charge in [0, 0.05) is 37.7 Å². The number of aliphatic hydroxyl groups excluding tert-OH is 3. The second-order valence-corrected chi connectivity index (χ2v) is 9.54. The predicted octanol–water partition coefficient (Wildman–Crippen LogP) is 0.539. The third-order valence-corrected chi connectivity index (χ3v) is 6.84. The van der Waals surface area contributed by atoms with E-state index in [1.165, 1.54) is 31.2 Å². The van der Waals surface area contributed by atoms with Gasteiger partial charge in [-0.15, -0.1) is 0 Å². The molecule has 0 amide bonds. The van der Waals surface area contributed by atoms with Crippen LogP contribution in [0.4, 0.5) is 10.5 Å². The Morgan fingerprint density at radius 2 is 1.81 bits per heavy atom. The smallest absolute Gasteiger partial charge is 0.434 e. The highest BCUT2D eigenvalue weighted by atomic mass is 16.8. The number of hydrogen-bond acceptors (Lipinski definition) is 12. The fraction of sp³-hybridized carbons (Fsp3) is 0.370. The van der Waals surface area contributed by atoms with Crippen LogP contribution in [-0.4, -0.2) is 73.3 Å². The molecule has 1 aliphatic rings. The summed E-state index contributed by atoms with van der Waals surface area (Å²) in [6.07, 6.45) is -5.47. The van der Waals surface area contributed by atoms with Gasteiger partial charge in [-0.3, -0.25) is 24.5 Å². The number of ether oxygens (including phenoxy) is 4. The summed E-state index contributed by atoms with van der Waals surface area (Å²) < 4.78 is 23.4. The van der Waals surface area contributed by atoms with Crippen LogP contribution in [0.1, 0.15) is 18.1 Å². The number of aromatic nitrogens is 2. The van der Waals surface area contributed by atoms with E-state index in [9.17, 15) is 39.8 Å². The van der Waals surface area contributed by atoms with Crippen LogP contribution >= 0.6 is 0 Å². The zero-order valence-electron chi connectivity index (χ0n) is 22.3. The van der Waals surface area contributed by atoms with Crippen molar-refractivity contribution in [1.82, 2.24) is 9.55 Å². The SMILES string of the molecule is CC(OCc1ccccc1)(OC(=O)OCCc1ccc([N+](=O)[O-])cc1)[C@@]1(n2ccc(=O)[nH]c2=O)O[C@H](CO)[C@@H](O)[C@H]1O. The van der Waals surface area contributed by atoms with Gasteiger partial charge in [0.25, 0.3) is 17.0 Å². The zero-order valence-corrected chi connectivity index (χ0v) is 22.3. The van der Waals surface area contributed by atoms with Crippen molar-refractivity contribution in [1.29, 1.82) is 0 Å². The lowest BCUT2D eigenvalue weighted by atomic mass is 9.94. The Hall–Kier alpha value is -4.41. The predicted molar refractivity (Wildman–Crippen MR) is 142 cm³/mol. The van der Waals surface area contributed by atoms with Gasteiger partial charge in [-0.05, 0) is 11.1 Å². The van der Waals surface area contributed by atoms with Crippen LogP contribution in [0.15, 0.2) is 76.4 Å². The number of benzene rings is 2. The molecule has 0 radical (unpaired) electrons. The monoisotopic (exact) mass is 587 g/mol. The lowest BCUT2D eigenvalue weighted by Crippen LogP contribution is -2.66. The summed E-state index contributed by atoms with van der Waals surface area (Å²) in [6.45, 7) is -0.112. The number of carbonyl (C=O) groups is 1. The van der Waals surface area contributed by atoms with Crippen molar-refractivity contribution >= 4 is 11.8 Å². The second-order valence-electron chi connectivity index (χ2n) is 9.54. The molecule has 2 aromatic carbocycles. The minimum absolute atomic E-state index is 0.105. The van der Waals surface area contributed by atoms with Crippen LogP contribution in [0.2, 0.25) is 0 Å². The number of nitro groups is 1. The standard InChI is InChI=1S/C27H29N3O12/c1-26(40-16-18-5-3-2-4-6-18,42-25(36)39-14-12-17-7-9-19(10-8-17)30(37)38)27(23(34)22(33)20(15-31)41-27)29-13-11-21(32)28-24(29)35/h2-11,13,20,22-23,31,33-34H,12,14-16H2,1H3,(H,28,32,35)/t20-,22-,23-,26?,27+/m1/s1. The number of H-pyrrole nitrogens is 1. The number of non-ortho nitro benzene ring substituents is 1. The molecule has 15 nitrogen and oxygen atoms in total. The van der Waals surface area contributed by atoms with E-state index in [0.29, 0.717) is 15.7 Å². The lowest BCUT2D eigenvalue weighted by molar-refractivity contribution is -0.384. The summed E-state index contributed by atoms with van der Waals surface area (Å²) in [7, 11) is 0. The van der Waals surface area contributed by atoms with Crippen LogP contribution in [0, 0.1) is 10.1 Å². The van der Waals surface area contributed by atoms with Gasteiger partial charge in [0.2, 0.25) is 5.72 Å². The van der Waals surface area contributed by atoms with Crippen molar-refractivity contribution in [3.63, 3.8) is 0 Å². The molecule has 5 atom stereocenters. The van der Waals surface area contributed by atoms with E-state index in [1.807, 2.05) is 4.98 Å². The van der Waals surface area contributed by atoms with Crippen LogP contribution in [0.25, 0.3) is 0 Å². The summed E-state index contributed by atoms with van der Waals surface area (Å²) in [5, 5.41) is 42.7. The van der Waals surface area contributed by atoms with E-state index < -0.39 is 58.8 Å². The van der Waals surface area contributed by atoms with Gasteiger partial charge in [0.05, 0.1) is 24.7 Å². The quantitative estimate of drug-likeness (QED) is 0.105. The number of carbonyl (C=O) groups excluding carboxylic acids is 1. The number of hydrogen-bond donors (Lipinski definition) is 4. The molecule has 42 heavy (non-hydrogen) atoms. The van der Waals surface area contributed by atoms with Crippen molar-refractivity contribution in [3.05, 3.63) is 109 Å². The summed E-state index contributed by atoms with van der Waals surface area (Å²) in [5.74, 6) is -2.43. The van der Waals surface area contributed by atoms with Crippen LogP contribution < -0.4 is 11.2 Å². The van der Waals surface area contributed by atoms with Crippen LogP contribution in [-0.2, 0) is 37.7 Å². The lowest BCUT2D eigenvalue weighted by Gasteiger charge is -2.45. The van der Waals surface area contributed by atoms with Crippen molar-refractivity contribution in [2.45, 2.75) is 49.8 Å². The fourth-order valence-electron chi connectivity index (χ4n) is 4.65. The number of nitro benzene ring substituents is 1. The molecule has 1 fully saturated rings. The second kappa shape index (κ2) is 12.6. The van der Waals surface area contributed by atoms with Crippen molar-refractivity contribution in [3.8, 4) is 0 Å². The Morgan fingerprint density at radius 3 is 2.40 bits per heavy atom. The summed E-state index contributed by atoms with van der Waals surface area (Å²) in [6, 6.07) is 15.1. The van der Waals surface area contributed by atoms with Crippen molar-refractivity contribution in [2.75, 3.05) is 13.2 Å². The molecule has 15 heteroatoms. The molecule has 4 N–H and O–H groups in total. The number of aliphatic hydroxyl groups is 3. The fourth-order valence-corrected chi connectivity index (χ4v) is 4.65. The van der Waals surface area contributed by atoms with Gasteiger partial charge >= 0.3 is 11.8 Å². The van der Waals surface area contributed by atoms with Gasteiger partial charge in [0.15, 0.2) is 0 Å². The van der Waals surface area contributed by atoms with E-state index in [1.54, 1.807) is 30.3 Å². The van der Waals surface area contributed by atoms with E-state index in [0.717, 1.165) is 12.3 Å². The van der Waals surface area contributed by atoms with E-state index in [2.05, 4.69) is 0 Å². The minimum atomic E-state index is -2.53. The van der Waals surface area contributed by atoms with E-state index >= 15 is 0 Å². The number of nitrogens with one attached hydrogen (secondary N) is 1. The maximum atomic E-state index is 13.0. The normalized spacial score (nSPS) is 23.2. The summed E-state index contributed by atoms with van der Waals surface area (Å²) >= 11 is 0. The molecule has 0 spiro atoms. The highest BCUT2D eigenvalue weighted by Crippen LogP contribution is 2.46. The molecule has 1 saturated heterocycles. The highest BCUT2D eigenvalue weighted by molar-refractivity contribution is 5.60. The van der Waals surface area contributed by atoms with Crippen LogP contribution in [0.5, 0.6) is 0 Å². The Bertz CT molecular complexity index is 1510. The topological polar surface area (TPSA) is 213 Å². The first-order valence-electron chi connectivity index (χ1n) is 12.7. The van der Waals surface area contributed by atoms with Gasteiger partial charge in [-0.1, -0.05) is 42.5 Å². The molecule has 0 aliphatic carbocycles. The first kappa shape index (κ1) is 30.5. The minimum Gasteiger partial charge on any atom is -0.434 e. The molecule has 0 saturated carbocycles. The molecule has 4 rings (SSSR count). The Morgan fingerprint density at radius 1 is 1.12 bits per heavy atom. The Labute approximate surface area is 237 Å². The number of rotatable bonds is 11. The molecule has 1 aliphatic heterocycles. The largest absolute Gasteiger partial charge is 0.510 e. The molecule has 2 heterocycles. The van der Waals surface area contributed by atoms with Gasteiger partial charge < -0.3 is 34.3 Å². The summed E-state index contributed by atoms with van der Waals surface area (Å²) in [4.78, 5) is 50.1. The zero-order chi connectivity index (χ0) is 30.5. The van der Waals surface area contributed by atoms with Gasteiger partial charge in [-0.2, -0.15) is 0 Å². The third-order valence-electron chi connectivity index (χ3n) is 6.84. The molecule has 0 bridgehead atoms. The maximum Gasteiger partial charge on any atom is 0.510 e. The average Bonchev–Trinajstić information content (AvgIpc) is 3.23. The molecule has 1 unspecified atom stereocenters. The first-order chi connectivity index (χ1) is 20.0. The van der Waals surface area contributed by atoms with E-state index in [4.69, 9.17) is 18.9 Å². The molecule has 3 aromatic rings. The Balaban J connectivity index is 1.67. The van der Waals surface area contributed by atoms with Crippen LogP contribution in [0.3, 0.4) is 0 Å². The number of nitrogens with zero attached hydrogens (tertiary/aromatic N) is 2. The molecule has 224 valence electrons. The summed E-state index contributed by atoms with van der Waals surface area (Å²) in [5.41, 5.74) is -3.31. The molecule has 1 aromatic heterocycles. The average molecular weight is 588 g/mol. The van der Waals surface area contributed by atoms with Crippen molar-refractivity contribution in [2.24, 2.45) is 0 Å². The van der Waals surface area contributed by atoms with Gasteiger partial charge in [0.1, 0.15) is 18.3 Å². The highest BCUT2D eigenvalue weighted by Gasteiger charge is 2.68. The Kier molecular flexibility index (Phi) is 9.18. The third kappa shape index (κ3) is 6.09. The molecular formula is C27H29N3O12. The first-order valence-corrected chi connectivity index (χ1v) is 12.7.